The van der Waals surface area contributed by atoms with E-state index in [1.807, 2.05) is 20.8 Å². The third kappa shape index (κ3) is 2.26. The number of ketones is 1. The Hall–Kier alpha value is -0.900. The molecule has 1 unspecified atom stereocenters. The standard InChI is InChI=1S/C12H16N2OS/c1-7-8(2)13-12(14-9(7)3)16-11-6-4-5-10(11)15/h11H,4-6H2,1-3H3. The SMILES string of the molecule is Cc1nc(SC2CCCC2=O)nc(C)c1C. The highest BCUT2D eigenvalue weighted by atomic mass is 32.2. The largest absolute Gasteiger partial charge is 0.298 e. The van der Waals surface area contributed by atoms with Gasteiger partial charge in [0.25, 0.3) is 0 Å². The second-order valence-corrected chi connectivity index (χ2v) is 5.44. The summed E-state index contributed by atoms with van der Waals surface area (Å²) in [7, 11) is 0. The number of nitrogens with zero attached hydrogens (tertiary/aromatic N) is 2. The number of hydrogen-bond acceptors (Lipinski definition) is 4. The molecule has 86 valence electrons. The van der Waals surface area contributed by atoms with E-state index in [4.69, 9.17) is 0 Å². The van der Waals surface area contributed by atoms with Crippen LogP contribution in [-0.4, -0.2) is 21.0 Å². The second-order valence-electron chi connectivity index (χ2n) is 4.27. The molecular weight excluding hydrogens is 220 g/mol. The minimum absolute atomic E-state index is 0.0847. The van der Waals surface area contributed by atoms with Crippen molar-refractivity contribution in [2.75, 3.05) is 0 Å². The third-order valence-corrected chi connectivity index (χ3v) is 4.28. The van der Waals surface area contributed by atoms with Gasteiger partial charge in [0.15, 0.2) is 5.16 Å². The summed E-state index contributed by atoms with van der Waals surface area (Å²) in [6.07, 6.45) is 2.71. The van der Waals surface area contributed by atoms with Gasteiger partial charge in [0.2, 0.25) is 0 Å². The van der Waals surface area contributed by atoms with Crippen molar-refractivity contribution in [2.24, 2.45) is 0 Å². The van der Waals surface area contributed by atoms with Crippen molar-refractivity contribution in [3.8, 4) is 0 Å². The van der Waals surface area contributed by atoms with Crippen molar-refractivity contribution < 1.29 is 4.79 Å². The molecule has 1 fully saturated rings. The Morgan fingerprint density at radius 3 is 2.31 bits per heavy atom. The first-order valence-electron chi connectivity index (χ1n) is 5.59. The van der Waals surface area contributed by atoms with Gasteiger partial charge in [0, 0.05) is 17.8 Å². The molecule has 0 aromatic carbocycles. The minimum atomic E-state index is 0.0847. The van der Waals surface area contributed by atoms with Crippen molar-refractivity contribution in [3.63, 3.8) is 0 Å². The van der Waals surface area contributed by atoms with E-state index >= 15 is 0 Å². The van der Waals surface area contributed by atoms with Crippen molar-refractivity contribution in [2.45, 2.75) is 50.4 Å². The van der Waals surface area contributed by atoms with Crippen LogP contribution in [0.3, 0.4) is 0 Å². The third-order valence-electron chi connectivity index (χ3n) is 3.11. The number of aromatic nitrogens is 2. The zero-order valence-corrected chi connectivity index (χ0v) is 10.7. The Kier molecular flexibility index (Phi) is 3.28. The van der Waals surface area contributed by atoms with E-state index in [1.165, 1.54) is 11.8 Å². The van der Waals surface area contributed by atoms with Gasteiger partial charge in [-0.1, -0.05) is 11.8 Å². The smallest absolute Gasteiger partial charge is 0.188 e. The predicted octanol–water partition coefficient (Wildman–Crippen LogP) is 2.62. The summed E-state index contributed by atoms with van der Waals surface area (Å²) in [5, 5.41) is 0.836. The Morgan fingerprint density at radius 2 is 1.81 bits per heavy atom. The van der Waals surface area contributed by atoms with Gasteiger partial charge in [-0.3, -0.25) is 4.79 Å². The fraction of sp³-hybridized carbons (Fsp3) is 0.583. The topological polar surface area (TPSA) is 42.9 Å². The average molecular weight is 236 g/mol. The molecule has 0 spiro atoms. The lowest BCUT2D eigenvalue weighted by Gasteiger charge is -2.09. The molecule has 1 aliphatic rings. The number of aryl methyl sites for hydroxylation is 2. The molecule has 0 amide bonds. The molecule has 1 heterocycles. The molecule has 1 atom stereocenters. The Bertz CT molecular complexity index is 408. The summed E-state index contributed by atoms with van der Waals surface area (Å²) in [4.78, 5) is 20.4. The molecule has 1 aromatic heterocycles. The molecule has 1 aliphatic carbocycles. The number of carbonyl (C=O) groups excluding carboxylic acids is 1. The highest BCUT2D eigenvalue weighted by Gasteiger charge is 2.26. The van der Waals surface area contributed by atoms with Crippen molar-refractivity contribution in [1.29, 1.82) is 0 Å². The molecule has 0 saturated heterocycles. The molecule has 1 aromatic rings. The lowest BCUT2D eigenvalue weighted by atomic mass is 10.2. The quantitative estimate of drug-likeness (QED) is 0.740. The summed E-state index contributed by atoms with van der Waals surface area (Å²) in [5.41, 5.74) is 3.17. The van der Waals surface area contributed by atoms with Gasteiger partial charge in [-0.25, -0.2) is 9.97 Å². The van der Waals surface area contributed by atoms with E-state index in [2.05, 4.69) is 9.97 Å². The van der Waals surface area contributed by atoms with Crippen molar-refractivity contribution >= 4 is 17.5 Å². The summed E-state index contributed by atoms with van der Waals surface area (Å²) in [6, 6.07) is 0. The molecule has 3 nitrogen and oxygen atoms in total. The van der Waals surface area contributed by atoms with E-state index < -0.39 is 0 Å². The highest BCUT2D eigenvalue weighted by molar-refractivity contribution is 8.00. The molecule has 0 radical (unpaired) electrons. The van der Waals surface area contributed by atoms with Gasteiger partial charge in [0.05, 0.1) is 5.25 Å². The van der Waals surface area contributed by atoms with Crippen LogP contribution in [0.2, 0.25) is 0 Å². The van der Waals surface area contributed by atoms with Gasteiger partial charge in [0.1, 0.15) is 5.78 Å². The van der Waals surface area contributed by atoms with E-state index in [-0.39, 0.29) is 5.25 Å². The highest BCUT2D eigenvalue weighted by Crippen LogP contribution is 2.31. The van der Waals surface area contributed by atoms with Crippen LogP contribution >= 0.6 is 11.8 Å². The van der Waals surface area contributed by atoms with Crippen LogP contribution in [0.15, 0.2) is 5.16 Å². The molecule has 0 bridgehead atoms. The van der Waals surface area contributed by atoms with Crippen LogP contribution in [0.1, 0.15) is 36.2 Å². The van der Waals surface area contributed by atoms with Crippen LogP contribution in [0.4, 0.5) is 0 Å². The van der Waals surface area contributed by atoms with E-state index in [0.717, 1.165) is 41.4 Å². The average Bonchev–Trinajstić information content (AvgIpc) is 2.61. The first-order chi connectivity index (χ1) is 7.58. The van der Waals surface area contributed by atoms with E-state index in [0.29, 0.717) is 5.78 Å². The molecule has 0 aliphatic heterocycles. The predicted molar refractivity (Wildman–Crippen MR) is 64.7 cm³/mol. The number of hydrogen-bond donors (Lipinski definition) is 0. The van der Waals surface area contributed by atoms with Crippen LogP contribution < -0.4 is 0 Å². The monoisotopic (exact) mass is 236 g/mol. The minimum Gasteiger partial charge on any atom is -0.298 e. The zero-order chi connectivity index (χ0) is 11.7. The maximum absolute atomic E-state index is 11.5. The second kappa shape index (κ2) is 4.53. The fourth-order valence-electron chi connectivity index (χ4n) is 1.83. The summed E-state index contributed by atoms with van der Waals surface area (Å²) < 4.78 is 0. The normalized spacial score (nSPS) is 20.4. The summed E-state index contributed by atoms with van der Waals surface area (Å²) >= 11 is 1.52. The van der Waals surface area contributed by atoms with Gasteiger partial charge in [-0.05, 0) is 39.2 Å². The lowest BCUT2D eigenvalue weighted by Crippen LogP contribution is -2.10. The maximum Gasteiger partial charge on any atom is 0.188 e. The Labute approximate surface area is 100 Å². The number of thioether (sulfide) groups is 1. The summed E-state index contributed by atoms with van der Waals surface area (Å²) in [6.45, 7) is 6.01. The molecule has 0 N–H and O–H groups in total. The van der Waals surface area contributed by atoms with E-state index in [1.54, 1.807) is 0 Å². The molecule has 16 heavy (non-hydrogen) atoms. The maximum atomic E-state index is 11.5. The van der Waals surface area contributed by atoms with Gasteiger partial charge in [-0.2, -0.15) is 0 Å². The Balaban J connectivity index is 2.18. The van der Waals surface area contributed by atoms with Crippen LogP contribution in [0.25, 0.3) is 0 Å². The Morgan fingerprint density at radius 1 is 1.19 bits per heavy atom. The molecule has 4 heteroatoms. The van der Waals surface area contributed by atoms with Crippen LogP contribution in [-0.2, 0) is 4.79 Å². The molecule has 2 rings (SSSR count). The van der Waals surface area contributed by atoms with Crippen molar-refractivity contribution in [3.05, 3.63) is 17.0 Å². The lowest BCUT2D eigenvalue weighted by molar-refractivity contribution is -0.116. The van der Waals surface area contributed by atoms with Gasteiger partial charge < -0.3 is 0 Å². The first-order valence-corrected chi connectivity index (χ1v) is 6.47. The number of rotatable bonds is 2. The van der Waals surface area contributed by atoms with Crippen LogP contribution in [0, 0.1) is 20.8 Å². The molecular formula is C12H16N2OS. The first kappa shape index (κ1) is 11.6. The number of carbonyl (C=O) groups is 1. The fourth-order valence-corrected chi connectivity index (χ4v) is 3.00. The zero-order valence-electron chi connectivity index (χ0n) is 9.91. The molecule has 1 saturated carbocycles. The van der Waals surface area contributed by atoms with E-state index in [9.17, 15) is 4.79 Å². The van der Waals surface area contributed by atoms with Crippen LogP contribution in [0.5, 0.6) is 0 Å². The van der Waals surface area contributed by atoms with Gasteiger partial charge >= 0.3 is 0 Å². The van der Waals surface area contributed by atoms with Crippen molar-refractivity contribution in [1.82, 2.24) is 9.97 Å². The number of Topliss-reactive ketones (excluding diaryl/α,β-unsaturated/α-hetero) is 1. The summed E-state index contributed by atoms with van der Waals surface area (Å²) in [5.74, 6) is 0.351. The van der Waals surface area contributed by atoms with Gasteiger partial charge in [-0.15, -0.1) is 0 Å².